The smallest absolute Gasteiger partial charge is 0.166 e. The standard InChI is InChI=1S/C28H46N4S2/c33-25(31-17-27-11-19-5-20(12-27)7-21(6-19)13-27)29-3-1-2-4-30-26(34)32-18-28-14-22-8-23(15-28)10-24(9-22)16-28/h19-24H,1-18H2,(H2,29,31,33)(H2,30,32,34). The van der Waals surface area contributed by atoms with Gasteiger partial charge in [0, 0.05) is 26.2 Å². The summed E-state index contributed by atoms with van der Waals surface area (Å²) >= 11 is 11.2. The van der Waals surface area contributed by atoms with E-state index in [1.165, 1.54) is 77.0 Å². The predicted octanol–water partition coefficient (Wildman–Crippen LogP) is 5.13. The number of thiocarbonyl (C=S) groups is 2. The Morgan fingerprint density at radius 1 is 0.500 bits per heavy atom. The monoisotopic (exact) mass is 502 g/mol. The highest BCUT2D eigenvalue weighted by molar-refractivity contribution is 7.80. The Kier molecular flexibility index (Phi) is 6.77. The van der Waals surface area contributed by atoms with Gasteiger partial charge in [0.1, 0.15) is 0 Å². The van der Waals surface area contributed by atoms with E-state index in [0.29, 0.717) is 10.8 Å². The van der Waals surface area contributed by atoms with Crippen molar-refractivity contribution >= 4 is 34.7 Å². The molecule has 0 aliphatic heterocycles. The summed E-state index contributed by atoms with van der Waals surface area (Å²) in [4.78, 5) is 0. The molecule has 0 amide bonds. The Morgan fingerprint density at radius 3 is 1.09 bits per heavy atom. The lowest BCUT2D eigenvalue weighted by molar-refractivity contribution is -0.0492. The minimum Gasteiger partial charge on any atom is -0.363 e. The molecule has 4 N–H and O–H groups in total. The van der Waals surface area contributed by atoms with Gasteiger partial charge in [-0.2, -0.15) is 0 Å². The fourth-order valence-corrected chi connectivity index (χ4v) is 10.7. The summed E-state index contributed by atoms with van der Waals surface area (Å²) in [6, 6.07) is 0. The predicted molar refractivity (Wildman–Crippen MR) is 148 cm³/mol. The molecule has 0 saturated heterocycles. The van der Waals surface area contributed by atoms with Gasteiger partial charge in [0.15, 0.2) is 10.2 Å². The van der Waals surface area contributed by atoms with E-state index in [1.807, 2.05) is 0 Å². The first-order valence-electron chi connectivity index (χ1n) is 14.5. The molecular formula is C28H46N4S2. The van der Waals surface area contributed by atoms with Gasteiger partial charge in [0.2, 0.25) is 0 Å². The summed E-state index contributed by atoms with van der Waals surface area (Å²) < 4.78 is 0. The first-order chi connectivity index (χ1) is 16.5. The van der Waals surface area contributed by atoms with Gasteiger partial charge in [0.05, 0.1) is 0 Å². The first-order valence-corrected chi connectivity index (χ1v) is 15.3. The highest BCUT2D eigenvalue weighted by Crippen LogP contribution is 2.60. The van der Waals surface area contributed by atoms with Crippen LogP contribution in [0.4, 0.5) is 0 Å². The molecule has 8 bridgehead atoms. The molecule has 0 aromatic carbocycles. The Balaban J connectivity index is 0.818. The minimum absolute atomic E-state index is 0.545. The molecule has 34 heavy (non-hydrogen) atoms. The number of nitrogens with one attached hydrogen (secondary N) is 4. The number of rotatable bonds is 9. The molecular weight excluding hydrogens is 456 g/mol. The van der Waals surface area contributed by atoms with Gasteiger partial charge >= 0.3 is 0 Å². The zero-order valence-electron chi connectivity index (χ0n) is 21.0. The fraction of sp³-hybridized carbons (Fsp3) is 0.929. The molecule has 0 spiro atoms. The van der Waals surface area contributed by atoms with Gasteiger partial charge < -0.3 is 21.3 Å². The van der Waals surface area contributed by atoms with Gasteiger partial charge in [-0.15, -0.1) is 0 Å². The van der Waals surface area contributed by atoms with Gasteiger partial charge in [0.25, 0.3) is 0 Å². The van der Waals surface area contributed by atoms with Crippen LogP contribution in [0.3, 0.4) is 0 Å². The van der Waals surface area contributed by atoms with E-state index in [1.54, 1.807) is 0 Å². The van der Waals surface area contributed by atoms with Crippen LogP contribution in [0.5, 0.6) is 0 Å². The molecule has 8 rings (SSSR count). The van der Waals surface area contributed by atoms with E-state index >= 15 is 0 Å². The Labute approximate surface area is 217 Å². The average Bonchev–Trinajstić information content (AvgIpc) is 2.77. The van der Waals surface area contributed by atoms with Crippen LogP contribution in [-0.4, -0.2) is 36.4 Å². The van der Waals surface area contributed by atoms with E-state index in [9.17, 15) is 0 Å². The molecule has 0 heterocycles. The third-order valence-electron chi connectivity index (χ3n) is 10.8. The molecule has 8 aliphatic carbocycles. The lowest BCUT2D eigenvalue weighted by Crippen LogP contribution is -2.52. The fourth-order valence-electron chi connectivity index (χ4n) is 10.3. The second-order valence-corrected chi connectivity index (χ2v) is 14.6. The normalized spacial score (nSPS) is 43.1. The van der Waals surface area contributed by atoms with Crippen LogP contribution >= 0.6 is 24.4 Å². The molecule has 8 fully saturated rings. The zero-order valence-corrected chi connectivity index (χ0v) is 22.6. The summed E-state index contributed by atoms with van der Waals surface area (Å²) in [6.45, 7) is 4.07. The Morgan fingerprint density at radius 2 is 0.794 bits per heavy atom. The highest BCUT2D eigenvalue weighted by atomic mass is 32.1. The Hall–Kier alpha value is -0.620. The van der Waals surface area contributed by atoms with Crippen molar-refractivity contribution in [2.75, 3.05) is 26.2 Å². The van der Waals surface area contributed by atoms with E-state index in [0.717, 1.165) is 84.8 Å². The van der Waals surface area contributed by atoms with Crippen LogP contribution in [0.15, 0.2) is 0 Å². The van der Waals surface area contributed by atoms with Crippen LogP contribution in [0, 0.1) is 46.3 Å². The maximum absolute atomic E-state index is 5.60. The van der Waals surface area contributed by atoms with Crippen molar-refractivity contribution in [2.45, 2.75) is 89.9 Å². The van der Waals surface area contributed by atoms with Crippen LogP contribution < -0.4 is 21.3 Å². The van der Waals surface area contributed by atoms with Crippen LogP contribution in [0.2, 0.25) is 0 Å². The average molecular weight is 503 g/mol. The number of unbranched alkanes of at least 4 members (excludes halogenated alkanes) is 1. The van der Waals surface area contributed by atoms with Crippen LogP contribution in [0.25, 0.3) is 0 Å². The molecule has 0 aromatic rings. The summed E-state index contributed by atoms with van der Waals surface area (Å²) in [7, 11) is 0. The van der Waals surface area contributed by atoms with Crippen molar-refractivity contribution in [1.82, 2.24) is 21.3 Å². The third kappa shape index (κ3) is 5.23. The molecule has 8 aliphatic rings. The van der Waals surface area contributed by atoms with Crippen molar-refractivity contribution in [2.24, 2.45) is 46.3 Å². The lowest BCUT2D eigenvalue weighted by atomic mass is 9.49. The van der Waals surface area contributed by atoms with E-state index in [-0.39, 0.29) is 0 Å². The van der Waals surface area contributed by atoms with Crippen molar-refractivity contribution in [3.63, 3.8) is 0 Å². The summed E-state index contributed by atoms with van der Waals surface area (Å²) in [5, 5.41) is 15.8. The topological polar surface area (TPSA) is 48.1 Å². The van der Waals surface area contributed by atoms with Crippen LogP contribution in [-0.2, 0) is 0 Å². The summed E-state index contributed by atoms with van der Waals surface area (Å²) in [5.41, 5.74) is 1.09. The van der Waals surface area contributed by atoms with Crippen LogP contribution in [0.1, 0.15) is 89.9 Å². The lowest BCUT2D eigenvalue weighted by Gasteiger charge is -2.57. The number of hydrogen-bond donors (Lipinski definition) is 4. The van der Waals surface area contributed by atoms with Crippen molar-refractivity contribution in [3.8, 4) is 0 Å². The largest absolute Gasteiger partial charge is 0.363 e. The van der Waals surface area contributed by atoms with Gasteiger partial charge in [-0.1, -0.05) is 0 Å². The molecule has 0 aromatic heterocycles. The summed E-state index contributed by atoms with van der Waals surface area (Å²) in [6.07, 6.45) is 19.9. The molecule has 8 saturated carbocycles. The molecule has 0 radical (unpaired) electrons. The third-order valence-corrected chi connectivity index (χ3v) is 11.3. The van der Waals surface area contributed by atoms with Gasteiger partial charge in [-0.25, -0.2) is 0 Å². The maximum atomic E-state index is 5.60. The van der Waals surface area contributed by atoms with Crippen molar-refractivity contribution < 1.29 is 0 Å². The van der Waals surface area contributed by atoms with Crippen molar-refractivity contribution in [3.05, 3.63) is 0 Å². The van der Waals surface area contributed by atoms with E-state index < -0.39 is 0 Å². The quantitative estimate of drug-likeness (QED) is 0.259. The number of hydrogen-bond acceptors (Lipinski definition) is 2. The molecule has 4 nitrogen and oxygen atoms in total. The van der Waals surface area contributed by atoms with Gasteiger partial charge in [-0.3, -0.25) is 0 Å². The second-order valence-electron chi connectivity index (χ2n) is 13.8. The van der Waals surface area contributed by atoms with Crippen molar-refractivity contribution in [1.29, 1.82) is 0 Å². The zero-order chi connectivity index (χ0) is 23.2. The highest BCUT2D eigenvalue weighted by Gasteiger charge is 2.51. The van der Waals surface area contributed by atoms with Gasteiger partial charge in [-0.05, 0) is 161 Å². The summed E-state index contributed by atoms with van der Waals surface area (Å²) in [5.74, 6) is 6.06. The molecule has 6 heteroatoms. The molecule has 0 unspecified atom stereocenters. The maximum Gasteiger partial charge on any atom is 0.166 e. The minimum atomic E-state index is 0.545. The molecule has 190 valence electrons. The first kappa shape index (κ1) is 23.8. The Bertz CT molecular complexity index is 646. The SMILES string of the molecule is S=C(NCCCCNC(=S)NCC12CC3CC(CC(C3)C1)C2)NCC12CC3CC(CC(C3)C1)C2. The second kappa shape index (κ2) is 9.68. The van der Waals surface area contributed by atoms with E-state index in [2.05, 4.69) is 21.3 Å². The van der Waals surface area contributed by atoms with E-state index in [4.69, 9.17) is 24.4 Å². The molecule has 0 atom stereocenters.